The quantitative estimate of drug-likeness (QED) is 0.847. The van der Waals surface area contributed by atoms with Crippen molar-refractivity contribution in [1.29, 1.82) is 0 Å². The average Bonchev–Trinajstić information content (AvgIpc) is 3.23. The van der Waals surface area contributed by atoms with Gasteiger partial charge in [0.15, 0.2) is 0 Å². The third kappa shape index (κ3) is 3.21. The number of halogens is 1. The van der Waals surface area contributed by atoms with Crippen LogP contribution < -0.4 is 4.74 Å². The molecule has 1 N–H and O–H groups in total. The largest absolute Gasteiger partial charge is 0.497 e. The van der Waals surface area contributed by atoms with Crippen molar-refractivity contribution in [1.82, 2.24) is 4.90 Å². The molecule has 4 rings (SSSR count). The second kappa shape index (κ2) is 7.17. The molecule has 0 saturated carbocycles. The molecule has 0 radical (unpaired) electrons. The molecule has 2 aliphatic heterocycles. The lowest BCUT2D eigenvalue weighted by atomic mass is 9.70. The molecule has 3 atom stereocenters. The lowest BCUT2D eigenvalue weighted by molar-refractivity contribution is 0.0571. The van der Waals surface area contributed by atoms with Crippen LogP contribution in [0.25, 0.3) is 0 Å². The summed E-state index contributed by atoms with van der Waals surface area (Å²) in [6.07, 6.45) is 3.55. The first-order chi connectivity index (χ1) is 13.1. The van der Waals surface area contributed by atoms with Crippen LogP contribution in [0.5, 0.6) is 5.75 Å². The molecule has 2 heterocycles. The van der Waals surface area contributed by atoms with Crippen LogP contribution in [0.15, 0.2) is 48.5 Å². The molecule has 2 aliphatic rings. The van der Waals surface area contributed by atoms with Gasteiger partial charge in [-0.05, 0) is 49.4 Å². The van der Waals surface area contributed by atoms with Gasteiger partial charge in [-0.25, -0.2) is 0 Å². The SMILES string of the molecule is COc1cc(Cl)cc(C(=O)N2[C@@H]3CC[C@H]2[C@](CO)(Cc2ccccc2)C3)c1. The first kappa shape index (κ1) is 18.3. The second-order valence-corrected chi connectivity index (χ2v) is 8.16. The molecule has 2 saturated heterocycles. The van der Waals surface area contributed by atoms with Gasteiger partial charge < -0.3 is 14.7 Å². The van der Waals surface area contributed by atoms with Gasteiger partial charge in [0.1, 0.15) is 5.75 Å². The number of carbonyl (C=O) groups is 1. The zero-order chi connectivity index (χ0) is 19.0. The maximum absolute atomic E-state index is 13.3. The smallest absolute Gasteiger partial charge is 0.254 e. The van der Waals surface area contributed by atoms with Gasteiger partial charge in [-0.3, -0.25) is 4.79 Å². The molecule has 2 bridgehead atoms. The Balaban J connectivity index is 1.63. The van der Waals surface area contributed by atoms with Crippen LogP contribution >= 0.6 is 11.6 Å². The van der Waals surface area contributed by atoms with Gasteiger partial charge in [0.25, 0.3) is 5.91 Å². The third-order valence-electron chi connectivity index (χ3n) is 6.15. The number of aliphatic hydroxyl groups excluding tert-OH is 1. The lowest BCUT2D eigenvalue weighted by Crippen LogP contribution is -2.43. The minimum atomic E-state index is -0.275. The average molecular weight is 386 g/mol. The maximum atomic E-state index is 13.3. The number of carbonyl (C=O) groups excluding carboxylic acids is 1. The van der Waals surface area contributed by atoms with E-state index in [1.165, 1.54) is 5.56 Å². The monoisotopic (exact) mass is 385 g/mol. The van der Waals surface area contributed by atoms with E-state index in [9.17, 15) is 9.90 Å². The summed E-state index contributed by atoms with van der Waals surface area (Å²) >= 11 is 6.17. The summed E-state index contributed by atoms with van der Waals surface area (Å²) in [4.78, 5) is 15.3. The molecule has 0 aliphatic carbocycles. The highest BCUT2D eigenvalue weighted by Gasteiger charge is 2.57. The van der Waals surface area contributed by atoms with Crippen LogP contribution in [-0.2, 0) is 6.42 Å². The molecular weight excluding hydrogens is 362 g/mol. The molecule has 2 aromatic rings. The summed E-state index contributed by atoms with van der Waals surface area (Å²) < 4.78 is 5.26. The molecule has 27 heavy (non-hydrogen) atoms. The van der Waals surface area contributed by atoms with Gasteiger partial charge in [0, 0.05) is 28.1 Å². The van der Waals surface area contributed by atoms with E-state index in [0.717, 1.165) is 25.7 Å². The Morgan fingerprint density at radius 2 is 2.04 bits per heavy atom. The molecule has 0 unspecified atom stereocenters. The fraction of sp³-hybridized carbons (Fsp3) is 0.409. The highest BCUT2D eigenvalue weighted by molar-refractivity contribution is 6.31. The van der Waals surface area contributed by atoms with E-state index in [1.54, 1.807) is 25.3 Å². The lowest BCUT2D eigenvalue weighted by Gasteiger charge is -2.36. The van der Waals surface area contributed by atoms with E-state index in [0.29, 0.717) is 16.3 Å². The number of rotatable bonds is 5. The third-order valence-corrected chi connectivity index (χ3v) is 6.37. The van der Waals surface area contributed by atoms with Crippen LogP contribution in [0.3, 0.4) is 0 Å². The Bertz CT molecular complexity index is 841. The van der Waals surface area contributed by atoms with E-state index >= 15 is 0 Å². The normalized spacial score (nSPS) is 26.4. The summed E-state index contributed by atoms with van der Waals surface area (Å²) in [6, 6.07) is 15.6. The summed E-state index contributed by atoms with van der Waals surface area (Å²) in [5, 5.41) is 10.8. The number of ether oxygens (including phenoxy) is 1. The van der Waals surface area contributed by atoms with E-state index in [1.807, 2.05) is 23.1 Å². The Hall–Kier alpha value is -2.04. The van der Waals surface area contributed by atoms with E-state index in [-0.39, 0.29) is 30.0 Å². The zero-order valence-electron chi connectivity index (χ0n) is 15.4. The Morgan fingerprint density at radius 3 is 2.74 bits per heavy atom. The van der Waals surface area contributed by atoms with E-state index in [4.69, 9.17) is 16.3 Å². The Morgan fingerprint density at radius 1 is 1.26 bits per heavy atom. The molecule has 0 aromatic heterocycles. The maximum Gasteiger partial charge on any atom is 0.254 e. The molecule has 2 fully saturated rings. The topological polar surface area (TPSA) is 49.8 Å². The van der Waals surface area contributed by atoms with Gasteiger partial charge in [0.05, 0.1) is 13.7 Å². The van der Waals surface area contributed by atoms with Crippen molar-refractivity contribution in [3.63, 3.8) is 0 Å². The molecule has 1 amide bonds. The fourth-order valence-corrected chi connectivity index (χ4v) is 5.19. The number of fused-ring (bicyclic) bond motifs is 2. The Labute approximate surface area is 164 Å². The van der Waals surface area contributed by atoms with E-state index in [2.05, 4.69) is 12.1 Å². The van der Waals surface area contributed by atoms with Crippen LogP contribution in [0.1, 0.15) is 35.2 Å². The number of aliphatic hydroxyl groups is 1. The molecular formula is C22H24ClNO3. The summed E-state index contributed by atoms with van der Waals surface area (Å²) in [5.74, 6) is 0.557. The van der Waals surface area contributed by atoms with Crippen molar-refractivity contribution in [2.75, 3.05) is 13.7 Å². The number of methoxy groups -OCH3 is 1. The predicted molar refractivity (Wildman–Crippen MR) is 105 cm³/mol. The van der Waals surface area contributed by atoms with Crippen molar-refractivity contribution >= 4 is 17.5 Å². The van der Waals surface area contributed by atoms with Crippen molar-refractivity contribution in [2.24, 2.45) is 5.41 Å². The molecule has 4 nitrogen and oxygen atoms in total. The number of benzene rings is 2. The number of hydrogen-bond donors (Lipinski definition) is 1. The second-order valence-electron chi connectivity index (χ2n) is 7.73. The first-order valence-electron chi connectivity index (χ1n) is 9.38. The fourth-order valence-electron chi connectivity index (χ4n) is 4.97. The molecule has 142 valence electrons. The highest BCUT2D eigenvalue weighted by Crippen LogP contribution is 2.51. The van der Waals surface area contributed by atoms with Gasteiger partial charge in [-0.1, -0.05) is 41.9 Å². The predicted octanol–water partition coefficient (Wildman–Crippen LogP) is 3.95. The van der Waals surface area contributed by atoms with E-state index < -0.39 is 0 Å². The van der Waals surface area contributed by atoms with Crippen molar-refractivity contribution in [2.45, 2.75) is 37.8 Å². The summed E-state index contributed by atoms with van der Waals surface area (Å²) in [6.45, 7) is 0.0890. The van der Waals surface area contributed by atoms with Gasteiger partial charge in [0.2, 0.25) is 0 Å². The van der Waals surface area contributed by atoms with Crippen LogP contribution in [0.4, 0.5) is 0 Å². The van der Waals surface area contributed by atoms with Gasteiger partial charge in [-0.2, -0.15) is 0 Å². The minimum Gasteiger partial charge on any atom is -0.497 e. The summed E-state index contributed by atoms with van der Waals surface area (Å²) in [5.41, 5.74) is 1.48. The Kier molecular flexibility index (Phi) is 4.87. The van der Waals surface area contributed by atoms with Crippen molar-refractivity contribution in [3.05, 3.63) is 64.7 Å². The minimum absolute atomic E-state index is 0.0216. The number of nitrogens with zero attached hydrogens (tertiary/aromatic N) is 1. The molecule has 5 heteroatoms. The molecule has 0 spiro atoms. The van der Waals surface area contributed by atoms with Gasteiger partial charge >= 0.3 is 0 Å². The first-order valence-corrected chi connectivity index (χ1v) is 9.76. The summed E-state index contributed by atoms with van der Waals surface area (Å²) in [7, 11) is 1.57. The van der Waals surface area contributed by atoms with Crippen LogP contribution in [0.2, 0.25) is 5.02 Å². The molecule has 2 aromatic carbocycles. The number of amides is 1. The highest BCUT2D eigenvalue weighted by atomic mass is 35.5. The standard InChI is InChI=1S/C22H24ClNO3/c1-27-19-10-16(9-17(23)11-19)21(26)24-18-7-8-20(24)22(13-18,14-25)12-15-5-3-2-4-6-15/h2-6,9-11,18,20,25H,7-8,12-14H2,1H3/t18-,20+,22-/m1/s1. The van der Waals surface area contributed by atoms with Crippen molar-refractivity contribution < 1.29 is 14.6 Å². The van der Waals surface area contributed by atoms with Crippen LogP contribution in [0, 0.1) is 5.41 Å². The zero-order valence-corrected chi connectivity index (χ0v) is 16.2. The van der Waals surface area contributed by atoms with Crippen molar-refractivity contribution in [3.8, 4) is 5.75 Å². The number of hydrogen-bond acceptors (Lipinski definition) is 3. The van der Waals surface area contributed by atoms with Crippen LogP contribution in [-0.4, -0.2) is 41.7 Å². The van der Waals surface area contributed by atoms with Gasteiger partial charge in [-0.15, -0.1) is 0 Å².